The van der Waals surface area contributed by atoms with Crippen LogP contribution in [-0.2, 0) is 17.9 Å². The molecule has 1 aliphatic heterocycles. The molecular weight excluding hydrogens is 298 g/mol. The van der Waals surface area contributed by atoms with Gasteiger partial charge in [0.2, 0.25) is 5.91 Å². The van der Waals surface area contributed by atoms with Gasteiger partial charge >= 0.3 is 0 Å². The highest BCUT2D eigenvalue weighted by Gasteiger charge is 2.29. The van der Waals surface area contributed by atoms with Gasteiger partial charge < -0.3 is 14.0 Å². The fourth-order valence-electron chi connectivity index (χ4n) is 3.98. The Labute approximate surface area is 142 Å². The summed E-state index contributed by atoms with van der Waals surface area (Å²) in [5.41, 5.74) is 3.53. The Hall–Kier alpha value is -2.49. The predicted molar refractivity (Wildman–Crippen MR) is 95.9 cm³/mol. The van der Waals surface area contributed by atoms with Crippen LogP contribution in [0.15, 0.2) is 48.7 Å². The fraction of sp³-hybridized carbons (Fsp3) is 0.350. The molecule has 4 rings (SSSR count). The number of aryl methyl sites for hydroxylation is 1. The highest BCUT2D eigenvalue weighted by atomic mass is 16.2. The van der Waals surface area contributed by atoms with Crippen LogP contribution in [0.1, 0.15) is 30.8 Å². The van der Waals surface area contributed by atoms with E-state index in [0.717, 1.165) is 30.7 Å². The number of benzene rings is 1. The van der Waals surface area contributed by atoms with Crippen LogP contribution in [0, 0.1) is 6.92 Å². The van der Waals surface area contributed by atoms with E-state index >= 15 is 0 Å². The lowest BCUT2D eigenvalue weighted by molar-refractivity contribution is -0.135. The van der Waals surface area contributed by atoms with Gasteiger partial charge in [-0.2, -0.15) is 0 Å². The molecule has 0 N–H and O–H groups in total. The number of para-hydroxylation sites is 1. The van der Waals surface area contributed by atoms with Crippen molar-refractivity contribution < 1.29 is 4.79 Å². The second-order valence-electron chi connectivity index (χ2n) is 6.57. The highest BCUT2D eigenvalue weighted by molar-refractivity contribution is 5.84. The zero-order valence-corrected chi connectivity index (χ0v) is 14.3. The first-order chi connectivity index (χ1) is 11.7. The second-order valence-corrected chi connectivity index (χ2v) is 6.57. The van der Waals surface area contributed by atoms with Gasteiger partial charge in [0.05, 0.1) is 6.04 Å². The third-order valence-corrected chi connectivity index (χ3v) is 5.18. The lowest BCUT2D eigenvalue weighted by Gasteiger charge is -2.37. The maximum atomic E-state index is 13.1. The molecule has 124 valence electrons. The number of hydrogen-bond acceptors (Lipinski definition) is 1. The van der Waals surface area contributed by atoms with Crippen LogP contribution >= 0.6 is 0 Å². The molecule has 1 atom stereocenters. The second kappa shape index (κ2) is 5.86. The van der Waals surface area contributed by atoms with Gasteiger partial charge in [0, 0.05) is 36.2 Å². The normalized spacial score (nSPS) is 17.2. The number of fused-ring (bicyclic) bond motifs is 2. The van der Waals surface area contributed by atoms with Crippen molar-refractivity contribution in [2.75, 3.05) is 6.54 Å². The molecule has 1 aliphatic rings. The van der Waals surface area contributed by atoms with Crippen molar-refractivity contribution in [3.8, 4) is 0 Å². The van der Waals surface area contributed by atoms with E-state index in [1.165, 1.54) is 11.1 Å². The van der Waals surface area contributed by atoms with Gasteiger partial charge in [0.15, 0.2) is 0 Å². The third-order valence-electron chi connectivity index (χ3n) is 5.18. The zero-order chi connectivity index (χ0) is 16.7. The summed E-state index contributed by atoms with van der Waals surface area (Å²) in [5, 5.41) is 1.20. The summed E-state index contributed by atoms with van der Waals surface area (Å²) >= 11 is 0. The third kappa shape index (κ3) is 2.33. The Morgan fingerprint density at radius 3 is 2.83 bits per heavy atom. The standard InChI is InChI=1S/C20H23N3O/c1-3-17-19-9-6-10-21(19)11-12-22(17)20(24)14-23-15(2)13-16-7-4-5-8-18(16)23/h4-10,13,17H,3,11-12,14H2,1-2H3/t17-/m1/s1. The Balaban J connectivity index is 1.63. The van der Waals surface area contributed by atoms with Crippen LogP contribution < -0.4 is 0 Å². The van der Waals surface area contributed by atoms with E-state index in [2.05, 4.69) is 64.4 Å². The van der Waals surface area contributed by atoms with Crippen molar-refractivity contribution in [3.05, 3.63) is 60.0 Å². The maximum Gasteiger partial charge on any atom is 0.243 e. The topological polar surface area (TPSA) is 30.2 Å². The molecule has 3 heterocycles. The molecule has 0 spiro atoms. The maximum absolute atomic E-state index is 13.1. The van der Waals surface area contributed by atoms with E-state index < -0.39 is 0 Å². The number of hydrogen-bond donors (Lipinski definition) is 0. The average Bonchev–Trinajstić information content (AvgIpc) is 3.18. The first-order valence-electron chi connectivity index (χ1n) is 8.68. The Morgan fingerprint density at radius 1 is 1.17 bits per heavy atom. The molecule has 0 saturated carbocycles. The van der Waals surface area contributed by atoms with E-state index in [9.17, 15) is 4.79 Å². The van der Waals surface area contributed by atoms with Crippen LogP contribution in [-0.4, -0.2) is 26.5 Å². The lowest BCUT2D eigenvalue weighted by Crippen LogP contribution is -2.43. The first-order valence-corrected chi connectivity index (χ1v) is 8.68. The first kappa shape index (κ1) is 15.1. The summed E-state index contributed by atoms with van der Waals surface area (Å²) < 4.78 is 4.41. The van der Waals surface area contributed by atoms with E-state index in [-0.39, 0.29) is 11.9 Å². The number of nitrogens with zero attached hydrogens (tertiary/aromatic N) is 3. The molecule has 2 aromatic heterocycles. The summed E-state index contributed by atoms with van der Waals surface area (Å²) in [6, 6.07) is 14.8. The van der Waals surface area contributed by atoms with E-state index in [0.29, 0.717) is 6.54 Å². The highest BCUT2D eigenvalue weighted by Crippen LogP contribution is 2.29. The van der Waals surface area contributed by atoms with Crippen LogP contribution in [0.2, 0.25) is 0 Å². The molecule has 24 heavy (non-hydrogen) atoms. The Bertz CT molecular complexity index is 889. The smallest absolute Gasteiger partial charge is 0.243 e. The van der Waals surface area contributed by atoms with Crippen molar-refractivity contribution in [1.82, 2.24) is 14.0 Å². The SMILES string of the molecule is CC[C@@H]1c2cccn2CCN1C(=O)Cn1c(C)cc2ccccc21. The average molecular weight is 321 g/mol. The van der Waals surface area contributed by atoms with Crippen molar-refractivity contribution in [3.63, 3.8) is 0 Å². The predicted octanol–water partition coefficient (Wildman–Crippen LogP) is 3.74. The number of amides is 1. The number of carbonyl (C=O) groups is 1. The molecule has 1 aromatic carbocycles. The summed E-state index contributed by atoms with van der Waals surface area (Å²) in [6.45, 7) is 6.32. The van der Waals surface area contributed by atoms with Gasteiger partial charge in [-0.05, 0) is 43.0 Å². The minimum atomic E-state index is 0.184. The fourth-order valence-corrected chi connectivity index (χ4v) is 3.98. The molecule has 4 nitrogen and oxygen atoms in total. The van der Waals surface area contributed by atoms with Gasteiger partial charge in [-0.25, -0.2) is 0 Å². The van der Waals surface area contributed by atoms with Crippen LogP contribution in [0.3, 0.4) is 0 Å². The van der Waals surface area contributed by atoms with Crippen molar-refractivity contribution in [2.45, 2.75) is 39.4 Å². The van der Waals surface area contributed by atoms with E-state index in [4.69, 9.17) is 0 Å². The minimum Gasteiger partial charge on any atom is -0.348 e. The summed E-state index contributed by atoms with van der Waals surface area (Å²) in [6.07, 6.45) is 3.06. The van der Waals surface area contributed by atoms with Gasteiger partial charge in [-0.15, -0.1) is 0 Å². The number of aromatic nitrogens is 2. The number of carbonyl (C=O) groups excluding carboxylic acids is 1. The monoisotopic (exact) mass is 321 g/mol. The van der Waals surface area contributed by atoms with Gasteiger partial charge in [0.25, 0.3) is 0 Å². The largest absolute Gasteiger partial charge is 0.348 e. The van der Waals surface area contributed by atoms with Gasteiger partial charge in [-0.1, -0.05) is 25.1 Å². The van der Waals surface area contributed by atoms with Crippen LogP contribution in [0.5, 0.6) is 0 Å². The molecule has 0 unspecified atom stereocenters. The molecular formula is C20H23N3O. The molecule has 0 fully saturated rings. The van der Waals surface area contributed by atoms with Crippen molar-refractivity contribution >= 4 is 16.8 Å². The Morgan fingerprint density at radius 2 is 2.00 bits per heavy atom. The van der Waals surface area contributed by atoms with Crippen LogP contribution in [0.4, 0.5) is 0 Å². The molecule has 4 heteroatoms. The van der Waals surface area contributed by atoms with Crippen molar-refractivity contribution in [2.24, 2.45) is 0 Å². The molecule has 1 amide bonds. The van der Waals surface area contributed by atoms with Crippen molar-refractivity contribution in [1.29, 1.82) is 0 Å². The van der Waals surface area contributed by atoms with E-state index in [1.807, 2.05) is 12.1 Å². The molecule has 0 radical (unpaired) electrons. The summed E-state index contributed by atoms with van der Waals surface area (Å²) in [7, 11) is 0. The number of rotatable bonds is 3. The zero-order valence-electron chi connectivity index (χ0n) is 14.3. The summed E-state index contributed by atoms with van der Waals surface area (Å²) in [4.78, 5) is 15.1. The van der Waals surface area contributed by atoms with Gasteiger partial charge in [0.1, 0.15) is 6.54 Å². The Kier molecular flexibility index (Phi) is 3.68. The summed E-state index contributed by atoms with van der Waals surface area (Å²) in [5.74, 6) is 0.207. The van der Waals surface area contributed by atoms with E-state index in [1.54, 1.807) is 0 Å². The van der Waals surface area contributed by atoms with Crippen LogP contribution in [0.25, 0.3) is 10.9 Å². The molecule has 0 saturated heterocycles. The molecule has 0 aliphatic carbocycles. The molecule has 0 bridgehead atoms. The lowest BCUT2D eigenvalue weighted by atomic mass is 10.1. The minimum absolute atomic E-state index is 0.184. The molecule has 3 aromatic rings. The quantitative estimate of drug-likeness (QED) is 0.723. The van der Waals surface area contributed by atoms with Gasteiger partial charge in [-0.3, -0.25) is 4.79 Å².